The third kappa shape index (κ3) is 6.83. The molecule has 2 N–H and O–H groups in total. The number of hydrogen-bond acceptors (Lipinski definition) is 4. The summed E-state index contributed by atoms with van der Waals surface area (Å²) in [4.78, 5) is 34.4. The van der Waals surface area contributed by atoms with Crippen molar-refractivity contribution in [3.05, 3.63) is 30.1 Å². The topological polar surface area (TPSA) is 84.5 Å². The van der Waals surface area contributed by atoms with Crippen molar-refractivity contribution in [3.63, 3.8) is 0 Å². The van der Waals surface area contributed by atoms with Gasteiger partial charge >= 0.3 is 12.0 Å². The molecule has 0 bridgehead atoms. The second-order valence-corrected chi connectivity index (χ2v) is 5.88. The fourth-order valence-corrected chi connectivity index (χ4v) is 1.51. The largest absolute Gasteiger partial charge is 0.456 e. The van der Waals surface area contributed by atoms with Crippen molar-refractivity contribution in [1.82, 2.24) is 5.32 Å². The van der Waals surface area contributed by atoms with E-state index in [1.54, 1.807) is 0 Å². The molecule has 120 valence electrons. The molecule has 0 saturated heterocycles. The fourth-order valence-electron chi connectivity index (χ4n) is 1.51. The second-order valence-electron chi connectivity index (χ2n) is 5.88. The number of halogens is 1. The number of amides is 3. The number of ether oxygens (including phenoxy) is 1. The molecule has 1 rings (SSSR count). The highest BCUT2D eigenvalue weighted by molar-refractivity contribution is 6.01. The van der Waals surface area contributed by atoms with E-state index in [1.165, 1.54) is 24.3 Å². The van der Waals surface area contributed by atoms with Gasteiger partial charge in [-0.05, 0) is 17.5 Å². The van der Waals surface area contributed by atoms with Crippen molar-refractivity contribution in [3.8, 4) is 0 Å². The third-order valence-corrected chi connectivity index (χ3v) is 2.41. The monoisotopic (exact) mass is 310 g/mol. The minimum atomic E-state index is -0.901. The quantitative estimate of drug-likeness (QED) is 0.837. The van der Waals surface area contributed by atoms with Gasteiger partial charge in [-0.15, -0.1) is 0 Å². The molecule has 0 fully saturated rings. The van der Waals surface area contributed by atoms with Crippen molar-refractivity contribution >= 4 is 23.6 Å². The van der Waals surface area contributed by atoms with Gasteiger partial charge in [-0.3, -0.25) is 14.9 Å². The Labute approximate surface area is 128 Å². The van der Waals surface area contributed by atoms with Gasteiger partial charge in [0.25, 0.3) is 5.91 Å². The van der Waals surface area contributed by atoms with Crippen LogP contribution in [0, 0.1) is 11.2 Å². The van der Waals surface area contributed by atoms with Crippen LogP contribution in [0.4, 0.5) is 14.9 Å². The number of carbonyl (C=O) groups is 3. The number of esters is 1. The molecule has 0 atom stereocenters. The molecule has 3 amide bonds. The van der Waals surface area contributed by atoms with Gasteiger partial charge < -0.3 is 10.1 Å². The van der Waals surface area contributed by atoms with Crippen molar-refractivity contribution < 1.29 is 23.5 Å². The van der Waals surface area contributed by atoms with E-state index < -0.39 is 30.3 Å². The van der Waals surface area contributed by atoms with Gasteiger partial charge in [0.1, 0.15) is 5.82 Å². The molecule has 0 unspecified atom stereocenters. The highest BCUT2D eigenvalue weighted by atomic mass is 19.1. The summed E-state index contributed by atoms with van der Waals surface area (Å²) in [6.45, 7) is 5.00. The zero-order valence-electron chi connectivity index (χ0n) is 12.7. The fraction of sp³-hybridized carbons (Fsp3) is 0.400. The van der Waals surface area contributed by atoms with Crippen LogP contribution in [0.3, 0.4) is 0 Å². The minimum absolute atomic E-state index is 0.0578. The van der Waals surface area contributed by atoms with E-state index >= 15 is 0 Å². The lowest BCUT2D eigenvalue weighted by Crippen LogP contribution is -2.37. The van der Waals surface area contributed by atoms with Gasteiger partial charge in [0, 0.05) is 0 Å². The highest BCUT2D eigenvalue weighted by Gasteiger charge is 2.18. The van der Waals surface area contributed by atoms with Crippen LogP contribution in [-0.4, -0.2) is 24.5 Å². The molecule has 22 heavy (non-hydrogen) atoms. The van der Waals surface area contributed by atoms with Crippen LogP contribution in [0.15, 0.2) is 24.3 Å². The Hall–Kier alpha value is -2.44. The van der Waals surface area contributed by atoms with Crippen LogP contribution in [0.2, 0.25) is 0 Å². The summed E-state index contributed by atoms with van der Waals surface area (Å²) in [5, 5.41) is 4.12. The normalized spacial score (nSPS) is 10.7. The average Bonchev–Trinajstić information content (AvgIpc) is 2.37. The van der Waals surface area contributed by atoms with Gasteiger partial charge in [0.05, 0.1) is 12.1 Å². The standard InChI is InChI=1S/C15H19FN2O4/c1-15(2,3)8-13(20)22-9-12(19)18-14(21)17-11-7-5-4-6-10(11)16/h4-7H,8-9H2,1-3H3,(H2,17,18,19,21). The lowest BCUT2D eigenvalue weighted by atomic mass is 9.93. The maximum atomic E-state index is 13.3. The maximum Gasteiger partial charge on any atom is 0.326 e. The van der Waals surface area contributed by atoms with Crippen LogP contribution in [-0.2, 0) is 14.3 Å². The number of anilines is 1. The molecule has 0 aromatic heterocycles. The van der Waals surface area contributed by atoms with E-state index in [-0.39, 0.29) is 17.5 Å². The Kier molecular flexibility index (Phi) is 6.03. The zero-order valence-corrected chi connectivity index (χ0v) is 12.7. The van der Waals surface area contributed by atoms with E-state index in [9.17, 15) is 18.8 Å². The first-order valence-corrected chi connectivity index (χ1v) is 6.68. The van der Waals surface area contributed by atoms with Crippen LogP contribution in [0.1, 0.15) is 27.2 Å². The number of imide groups is 1. The number of hydrogen-bond donors (Lipinski definition) is 2. The van der Waals surface area contributed by atoms with Crippen molar-refractivity contribution in [2.24, 2.45) is 5.41 Å². The molecule has 0 radical (unpaired) electrons. The summed E-state index contributed by atoms with van der Waals surface area (Å²) in [6, 6.07) is 4.63. The first-order chi connectivity index (χ1) is 10.2. The summed E-state index contributed by atoms with van der Waals surface area (Å²) in [5.74, 6) is -1.95. The van der Waals surface area contributed by atoms with Crippen LogP contribution in [0.5, 0.6) is 0 Å². The Morgan fingerprint density at radius 3 is 2.41 bits per heavy atom. The summed E-state index contributed by atoms with van der Waals surface area (Å²) < 4.78 is 18.1. The number of para-hydroxylation sites is 1. The summed E-state index contributed by atoms with van der Waals surface area (Å²) in [7, 11) is 0. The van der Waals surface area contributed by atoms with E-state index in [0.29, 0.717) is 0 Å². The van der Waals surface area contributed by atoms with E-state index in [4.69, 9.17) is 4.74 Å². The number of urea groups is 1. The number of rotatable bonds is 4. The average molecular weight is 310 g/mol. The zero-order chi connectivity index (χ0) is 16.8. The predicted octanol–water partition coefficient (Wildman–Crippen LogP) is 2.45. The lowest BCUT2D eigenvalue weighted by Gasteiger charge is -2.16. The SMILES string of the molecule is CC(C)(C)CC(=O)OCC(=O)NC(=O)Nc1ccccc1F. The number of benzene rings is 1. The second kappa shape index (κ2) is 7.53. The Morgan fingerprint density at radius 1 is 1.18 bits per heavy atom. The van der Waals surface area contributed by atoms with E-state index in [2.05, 4.69) is 5.32 Å². The molecular weight excluding hydrogens is 291 g/mol. The van der Waals surface area contributed by atoms with Crippen molar-refractivity contribution in [1.29, 1.82) is 0 Å². The van der Waals surface area contributed by atoms with Crippen molar-refractivity contribution in [2.75, 3.05) is 11.9 Å². The van der Waals surface area contributed by atoms with Crippen LogP contribution < -0.4 is 10.6 Å². The van der Waals surface area contributed by atoms with Gasteiger partial charge in [0.2, 0.25) is 0 Å². The molecule has 6 nitrogen and oxygen atoms in total. The molecule has 0 aliphatic heterocycles. The molecule has 1 aromatic rings. The first kappa shape index (κ1) is 17.6. The summed E-state index contributed by atoms with van der Waals surface area (Å²) >= 11 is 0. The van der Waals surface area contributed by atoms with Gasteiger partial charge in [0.15, 0.2) is 6.61 Å². The maximum absolute atomic E-state index is 13.3. The molecule has 0 aliphatic rings. The smallest absolute Gasteiger partial charge is 0.326 e. The number of nitrogens with one attached hydrogen (secondary N) is 2. The van der Waals surface area contributed by atoms with Crippen LogP contribution in [0.25, 0.3) is 0 Å². The summed E-state index contributed by atoms with van der Waals surface area (Å²) in [6.07, 6.45) is 0.154. The van der Waals surface area contributed by atoms with E-state index in [1.807, 2.05) is 26.1 Å². The summed E-state index contributed by atoms with van der Waals surface area (Å²) in [5.41, 5.74) is -0.312. The van der Waals surface area contributed by atoms with Gasteiger partial charge in [-0.1, -0.05) is 32.9 Å². The van der Waals surface area contributed by atoms with Gasteiger partial charge in [-0.25, -0.2) is 9.18 Å². The Balaban J connectivity index is 2.37. The lowest BCUT2D eigenvalue weighted by molar-refractivity contribution is -0.150. The molecule has 0 aliphatic carbocycles. The number of carbonyl (C=O) groups excluding carboxylic acids is 3. The first-order valence-electron chi connectivity index (χ1n) is 6.68. The van der Waals surface area contributed by atoms with E-state index in [0.717, 1.165) is 0 Å². The van der Waals surface area contributed by atoms with Crippen molar-refractivity contribution in [2.45, 2.75) is 27.2 Å². The molecule has 0 saturated carbocycles. The van der Waals surface area contributed by atoms with Crippen LogP contribution >= 0.6 is 0 Å². The molecule has 0 heterocycles. The Morgan fingerprint density at radius 2 is 1.82 bits per heavy atom. The minimum Gasteiger partial charge on any atom is -0.456 e. The molecule has 1 aromatic carbocycles. The molecule has 0 spiro atoms. The molecule has 7 heteroatoms. The predicted molar refractivity (Wildman–Crippen MR) is 78.6 cm³/mol. The highest BCUT2D eigenvalue weighted by Crippen LogP contribution is 2.18. The molecular formula is C15H19FN2O4. The Bertz CT molecular complexity index is 567. The third-order valence-electron chi connectivity index (χ3n) is 2.41. The van der Waals surface area contributed by atoms with Gasteiger partial charge in [-0.2, -0.15) is 0 Å².